The van der Waals surface area contributed by atoms with Crippen LogP contribution in [0.3, 0.4) is 0 Å². The van der Waals surface area contributed by atoms with Crippen LogP contribution in [0, 0.1) is 5.82 Å². The Balaban J connectivity index is 2.58. The van der Waals surface area contributed by atoms with Gasteiger partial charge < -0.3 is 4.74 Å². The topological polar surface area (TPSA) is 26.3 Å². The van der Waals surface area contributed by atoms with E-state index in [-0.39, 0.29) is 11.6 Å². The van der Waals surface area contributed by atoms with Crippen molar-refractivity contribution in [2.24, 2.45) is 0 Å². The Kier molecular flexibility index (Phi) is 2.70. The minimum Gasteiger partial charge on any atom is -0.497 e. The molecule has 0 spiro atoms. The maximum atomic E-state index is 13.7. The van der Waals surface area contributed by atoms with Gasteiger partial charge in [0.1, 0.15) is 11.6 Å². The standard InChI is InChI=1S/C12H13FO2S/c1-12(2)11(14)8-4-7(15-3)5-10(13)9(8)6-16-12/h4-5H,6H2,1-3H3. The molecule has 0 atom stereocenters. The minimum absolute atomic E-state index is 0.0310. The molecule has 86 valence electrons. The van der Waals surface area contributed by atoms with E-state index in [9.17, 15) is 9.18 Å². The van der Waals surface area contributed by atoms with Crippen LogP contribution < -0.4 is 4.74 Å². The first kappa shape index (κ1) is 11.5. The van der Waals surface area contributed by atoms with Gasteiger partial charge in [-0.1, -0.05) is 0 Å². The zero-order valence-corrected chi connectivity index (χ0v) is 10.3. The molecule has 0 bridgehead atoms. The predicted molar refractivity (Wildman–Crippen MR) is 62.7 cm³/mol. The third-order valence-electron chi connectivity index (χ3n) is 2.77. The average molecular weight is 240 g/mol. The van der Waals surface area contributed by atoms with Crippen LogP contribution in [-0.2, 0) is 5.75 Å². The van der Waals surface area contributed by atoms with Crippen molar-refractivity contribution in [2.75, 3.05) is 7.11 Å². The Bertz CT molecular complexity index is 455. The highest BCUT2D eigenvalue weighted by Gasteiger charge is 2.36. The van der Waals surface area contributed by atoms with Crippen molar-refractivity contribution in [3.8, 4) is 5.75 Å². The van der Waals surface area contributed by atoms with Crippen molar-refractivity contribution >= 4 is 17.5 Å². The molecule has 0 saturated carbocycles. The molecule has 0 aliphatic carbocycles. The Morgan fingerprint density at radius 2 is 2.12 bits per heavy atom. The van der Waals surface area contributed by atoms with Gasteiger partial charge in [-0.05, 0) is 19.9 Å². The minimum atomic E-state index is -0.480. The lowest BCUT2D eigenvalue weighted by Gasteiger charge is -2.29. The number of halogens is 1. The largest absolute Gasteiger partial charge is 0.497 e. The number of hydrogen-bond donors (Lipinski definition) is 0. The van der Waals surface area contributed by atoms with Gasteiger partial charge in [0.15, 0.2) is 5.78 Å². The average Bonchev–Trinajstić information content (AvgIpc) is 2.24. The van der Waals surface area contributed by atoms with E-state index in [2.05, 4.69) is 0 Å². The SMILES string of the molecule is COc1cc(F)c2c(c1)C(=O)C(C)(C)SC2. The number of ketones is 1. The quantitative estimate of drug-likeness (QED) is 0.754. The molecule has 16 heavy (non-hydrogen) atoms. The number of hydrogen-bond acceptors (Lipinski definition) is 3. The van der Waals surface area contributed by atoms with Gasteiger partial charge in [-0.3, -0.25) is 4.79 Å². The van der Waals surface area contributed by atoms with Crippen LogP contribution in [0.1, 0.15) is 29.8 Å². The molecule has 1 aromatic rings. The Hall–Kier alpha value is -1.03. The number of fused-ring (bicyclic) bond motifs is 1. The Labute approximate surface area is 98.2 Å². The third kappa shape index (κ3) is 1.71. The van der Waals surface area contributed by atoms with Gasteiger partial charge in [0.05, 0.1) is 11.9 Å². The third-order valence-corrected chi connectivity index (χ3v) is 4.11. The van der Waals surface area contributed by atoms with E-state index in [0.29, 0.717) is 22.6 Å². The summed E-state index contributed by atoms with van der Waals surface area (Å²) in [7, 11) is 1.47. The zero-order valence-electron chi connectivity index (χ0n) is 9.46. The van der Waals surface area contributed by atoms with Gasteiger partial charge in [0.2, 0.25) is 0 Å². The molecule has 0 saturated heterocycles. The number of carbonyl (C=O) groups excluding carboxylic acids is 1. The lowest BCUT2D eigenvalue weighted by atomic mass is 9.95. The lowest BCUT2D eigenvalue weighted by molar-refractivity contribution is 0.0954. The normalized spacial score (nSPS) is 18.1. The van der Waals surface area contributed by atoms with Crippen molar-refractivity contribution in [1.29, 1.82) is 0 Å². The molecule has 0 fully saturated rings. The van der Waals surface area contributed by atoms with E-state index in [1.54, 1.807) is 6.07 Å². The van der Waals surface area contributed by atoms with Crippen LogP contribution in [0.25, 0.3) is 0 Å². The van der Waals surface area contributed by atoms with Crippen LogP contribution in [0.5, 0.6) is 5.75 Å². The maximum absolute atomic E-state index is 13.7. The summed E-state index contributed by atoms with van der Waals surface area (Å²) in [6.45, 7) is 3.72. The van der Waals surface area contributed by atoms with Crippen LogP contribution in [0.4, 0.5) is 4.39 Å². The van der Waals surface area contributed by atoms with Crippen molar-refractivity contribution in [3.05, 3.63) is 29.1 Å². The van der Waals surface area contributed by atoms with Gasteiger partial charge in [-0.25, -0.2) is 4.39 Å². The molecule has 0 amide bonds. The van der Waals surface area contributed by atoms with Crippen molar-refractivity contribution in [3.63, 3.8) is 0 Å². The fourth-order valence-corrected chi connectivity index (χ4v) is 2.76. The molecule has 1 aromatic carbocycles. The van der Waals surface area contributed by atoms with Crippen LogP contribution >= 0.6 is 11.8 Å². The Morgan fingerprint density at radius 3 is 2.75 bits per heavy atom. The monoisotopic (exact) mass is 240 g/mol. The summed E-state index contributed by atoms with van der Waals surface area (Å²) in [5, 5.41) is 0. The fourth-order valence-electron chi connectivity index (χ4n) is 1.72. The molecule has 1 aliphatic heterocycles. The number of benzene rings is 1. The first-order valence-electron chi connectivity index (χ1n) is 5.01. The van der Waals surface area contributed by atoms with Crippen molar-refractivity contribution in [1.82, 2.24) is 0 Å². The van der Waals surface area contributed by atoms with Gasteiger partial charge in [-0.15, -0.1) is 11.8 Å². The molecule has 0 unspecified atom stereocenters. The van der Waals surface area contributed by atoms with E-state index < -0.39 is 4.75 Å². The van der Waals surface area contributed by atoms with Crippen molar-refractivity contribution in [2.45, 2.75) is 24.3 Å². The van der Waals surface area contributed by atoms with E-state index in [0.717, 1.165) is 0 Å². The molecule has 4 heteroatoms. The first-order chi connectivity index (χ1) is 7.45. The van der Waals surface area contributed by atoms with Gasteiger partial charge >= 0.3 is 0 Å². The molecule has 0 N–H and O–H groups in total. The second-order valence-corrected chi connectivity index (χ2v) is 5.86. The number of thioether (sulfide) groups is 1. The zero-order chi connectivity index (χ0) is 11.9. The van der Waals surface area contributed by atoms with E-state index in [1.807, 2.05) is 13.8 Å². The van der Waals surface area contributed by atoms with Gasteiger partial charge in [-0.2, -0.15) is 0 Å². The van der Waals surface area contributed by atoms with E-state index in [4.69, 9.17) is 4.74 Å². The number of carbonyl (C=O) groups is 1. The first-order valence-corrected chi connectivity index (χ1v) is 5.99. The molecule has 0 radical (unpaired) electrons. The van der Waals surface area contributed by atoms with Gasteiger partial charge in [0, 0.05) is 22.9 Å². The summed E-state index contributed by atoms with van der Waals surface area (Å²) in [6, 6.07) is 2.95. The lowest BCUT2D eigenvalue weighted by Crippen LogP contribution is -2.32. The van der Waals surface area contributed by atoms with Crippen LogP contribution in [0.15, 0.2) is 12.1 Å². The highest BCUT2D eigenvalue weighted by molar-refractivity contribution is 8.00. The molecule has 0 aromatic heterocycles. The predicted octanol–water partition coefficient (Wildman–Crippen LogP) is 3.04. The Morgan fingerprint density at radius 1 is 1.44 bits per heavy atom. The summed E-state index contributed by atoms with van der Waals surface area (Å²) in [5.41, 5.74) is 0.954. The molecule has 2 nitrogen and oxygen atoms in total. The second kappa shape index (κ2) is 3.77. The van der Waals surface area contributed by atoms with Crippen LogP contribution in [0.2, 0.25) is 0 Å². The maximum Gasteiger partial charge on any atom is 0.178 e. The summed E-state index contributed by atoms with van der Waals surface area (Å²) in [6.07, 6.45) is 0. The summed E-state index contributed by atoms with van der Waals surface area (Å²) in [5.74, 6) is 0.540. The smallest absolute Gasteiger partial charge is 0.178 e. The number of Topliss-reactive ketones (excluding diaryl/α,β-unsaturated/α-hetero) is 1. The molecule has 1 aliphatic rings. The highest BCUT2D eigenvalue weighted by Crippen LogP contribution is 2.40. The summed E-state index contributed by atoms with van der Waals surface area (Å²) in [4.78, 5) is 12.1. The molecular formula is C12H13FO2S. The molecule has 1 heterocycles. The molecule has 2 rings (SSSR count). The number of ether oxygens (including phenoxy) is 1. The van der Waals surface area contributed by atoms with Gasteiger partial charge in [0.25, 0.3) is 0 Å². The second-order valence-electron chi connectivity index (χ2n) is 4.26. The fraction of sp³-hybridized carbons (Fsp3) is 0.417. The van der Waals surface area contributed by atoms with Crippen LogP contribution in [-0.4, -0.2) is 17.6 Å². The van der Waals surface area contributed by atoms with E-state index >= 15 is 0 Å². The van der Waals surface area contributed by atoms with E-state index in [1.165, 1.54) is 24.9 Å². The highest BCUT2D eigenvalue weighted by atomic mass is 32.2. The summed E-state index contributed by atoms with van der Waals surface area (Å²) >= 11 is 1.47. The number of methoxy groups -OCH3 is 1. The van der Waals surface area contributed by atoms with Crippen molar-refractivity contribution < 1.29 is 13.9 Å². The summed E-state index contributed by atoms with van der Waals surface area (Å²) < 4.78 is 18.2. The number of rotatable bonds is 1. The molecular weight excluding hydrogens is 227 g/mol.